The molecule has 3 heteroatoms. The van der Waals surface area contributed by atoms with E-state index in [4.69, 9.17) is 0 Å². The summed E-state index contributed by atoms with van der Waals surface area (Å²) in [6.45, 7) is 1.42. The van der Waals surface area contributed by atoms with E-state index in [9.17, 15) is 13.2 Å². The Balaban J connectivity index is 2.76. The Kier molecular flexibility index (Phi) is 2.07. The highest BCUT2D eigenvalue weighted by molar-refractivity contribution is 5.23. The summed E-state index contributed by atoms with van der Waals surface area (Å²) in [7, 11) is 0. The molecule has 11 heavy (non-hydrogen) atoms. The van der Waals surface area contributed by atoms with Crippen LogP contribution < -0.4 is 0 Å². The van der Waals surface area contributed by atoms with Crippen molar-refractivity contribution in [1.82, 2.24) is 0 Å². The van der Waals surface area contributed by atoms with Crippen molar-refractivity contribution in [2.45, 2.75) is 13.1 Å². The van der Waals surface area contributed by atoms with Crippen molar-refractivity contribution in [2.75, 3.05) is 0 Å². The zero-order valence-corrected chi connectivity index (χ0v) is 5.87. The monoisotopic (exact) mass is 159 g/mol. The SMILES string of the molecule is CC1=C[C]=C[C]C1C(F)(F)F. The standard InChI is InChI=1S/C8H6F3/c1-6-4-2-3-5-7(6)8(9,10)11/h3-4,7H,1H3. The quantitative estimate of drug-likeness (QED) is 0.509. The molecule has 1 unspecified atom stereocenters. The van der Waals surface area contributed by atoms with Gasteiger partial charge in [-0.2, -0.15) is 13.2 Å². The van der Waals surface area contributed by atoms with E-state index in [0.717, 1.165) is 0 Å². The third-order valence-electron chi connectivity index (χ3n) is 1.43. The van der Waals surface area contributed by atoms with Crippen molar-refractivity contribution in [3.63, 3.8) is 0 Å². The molecular weight excluding hydrogens is 153 g/mol. The fourth-order valence-corrected chi connectivity index (χ4v) is 0.872. The average Bonchev–Trinajstić information content (AvgIpc) is 1.86. The molecule has 0 aliphatic heterocycles. The molecule has 0 fully saturated rings. The normalized spacial score (nSPS) is 25.1. The Bertz CT molecular complexity index is 198. The summed E-state index contributed by atoms with van der Waals surface area (Å²) in [5, 5.41) is 0. The maximum atomic E-state index is 12.0. The van der Waals surface area contributed by atoms with Crippen LogP contribution in [0.25, 0.3) is 0 Å². The highest BCUT2D eigenvalue weighted by atomic mass is 19.4. The molecule has 0 nitrogen and oxygen atoms in total. The van der Waals surface area contributed by atoms with Crippen molar-refractivity contribution >= 4 is 0 Å². The zero-order valence-electron chi connectivity index (χ0n) is 5.87. The number of hydrogen-bond donors (Lipinski definition) is 0. The predicted molar refractivity (Wildman–Crippen MR) is 34.4 cm³/mol. The number of halogens is 3. The van der Waals surface area contributed by atoms with Crippen LogP contribution in [-0.4, -0.2) is 6.18 Å². The lowest BCUT2D eigenvalue weighted by molar-refractivity contribution is -0.154. The maximum absolute atomic E-state index is 12.0. The van der Waals surface area contributed by atoms with E-state index < -0.39 is 12.1 Å². The highest BCUT2D eigenvalue weighted by Gasteiger charge is 2.40. The molecule has 0 aromatic rings. The average molecular weight is 159 g/mol. The minimum Gasteiger partial charge on any atom is -0.170 e. The zero-order chi connectivity index (χ0) is 8.48. The van der Waals surface area contributed by atoms with Crippen LogP contribution in [0.15, 0.2) is 17.7 Å². The molecule has 0 amide bonds. The summed E-state index contributed by atoms with van der Waals surface area (Å²) in [6.07, 6.45) is 3.01. The second-order valence-corrected chi connectivity index (χ2v) is 2.34. The van der Waals surface area contributed by atoms with Crippen molar-refractivity contribution in [3.8, 4) is 0 Å². The molecule has 0 N–H and O–H groups in total. The molecular formula is C8H6F3. The second kappa shape index (κ2) is 2.72. The topological polar surface area (TPSA) is 0 Å². The Morgan fingerprint density at radius 2 is 2.09 bits per heavy atom. The van der Waals surface area contributed by atoms with Gasteiger partial charge in [0, 0.05) is 6.42 Å². The number of alkyl halides is 3. The van der Waals surface area contributed by atoms with Gasteiger partial charge in [-0.05, 0) is 13.0 Å². The van der Waals surface area contributed by atoms with Gasteiger partial charge in [0.05, 0.1) is 5.92 Å². The van der Waals surface area contributed by atoms with E-state index in [0.29, 0.717) is 0 Å². The van der Waals surface area contributed by atoms with Gasteiger partial charge < -0.3 is 0 Å². The van der Waals surface area contributed by atoms with Crippen molar-refractivity contribution in [2.24, 2.45) is 5.92 Å². The molecule has 0 heterocycles. The molecule has 1 rings (SSSR count). The summed E-state index contributed by atoms with van der Waals surface area (Å²) in [6, 6.07) is 0. The minimum absolute atomic E-state index is 0.236. The van der Waals surface area contributed by atoms with E-state index in [1.165, 1.54) is 19.1 Å². The van der Waals surface area contributed by atoms with Crippen molar-refractivity contribution < 1.29 is 13.2 Å². The predicted octanol–water partition coefficient (Wildman–Crippen LogP) is 2.57. The van der Waals surface area contributed by atoms with Crippen LogP contribution in [0, 0.1) is 18.4 Å². The van der Waals surface area contributed by atoms with Crippen LogP contribution in [0.4, 0.5) is 13.2 Å². The smallest absolute Gasteiger partial charge is 0.170 e. The Hall–Kier alpha value is -0.730. The molecule has 59 valence electrons. The third-order valence-corrected chi connectivity index (χ3v) is 1.43. The van der Waals surface area contributed by atoms with Crippen LogP contribution in [0.5, 0.6) is 0 Å². The molecule has 0 aromatic carbocycles. The van der Waals surface area contributed by atoms with Gasteiger partial charge in [-0.15, -0.1) is 0 Å². The van der Waals surface area contributed by atoms with Gasteiger partial charge in [-0.25, -0.2) is 0 Å². The number of rotatable bonds is 0. The lowest BCUT2D eigenvalue weighted by Gasteiger charge is -2.20. The Morgan fingerprint density at radius 3 is 2.45 bits per heavy atom. The van der Waals surface area contributed by atoms with E-state index >= 15 is 0 Å². The van der Waals surface area contributed by atoms with Gasteiger partial charge in [0.2, 0.25) is 0 Å². The van der Waals surface area contributed by atoms with Crippen LogP contribution >= 0.6 is 0 Å². The summed E-state index contributed by atoms with van der Waals surface area (Å²) in [5.41, 5.74) is 0.236. The van der Waals surface area contributed by atoms with Gasteiger partial charge in [0.25, 0.3) is 0 Å². The van der Waals surface area contributed by atoms with Crippen LogP contribution in [-0.2, 0) is 0 Å². The number of allylic oxidation sites excluding steroid dienone is 4. The molecule has 1 atom stereocenters. The third kappa shape index (κ3) is 1.85. The first-order valence-corrected chi connectivity index (χ1v) is 3.09. The fourth-order valence-electron chi connectivity index (χ4n) is 0.872. The van der Waals surface area contributed by atoms with Gasteiger partial charge in [-0.1, -0.05) is 17.7 Å². The molecule has 0 saturated heterocycles. The molecule has 0 bridgehead atoms. The molecule has 0 spiro atoms. The molecule has 1 aliphatic carbocycles. The first-order chi connectivity index (χ1) is 5.02. The number of hydrogen-bond acceptors (Lipinski definition) is 0. The van der Waals surface area contributed by atoms with Crippen LogP contribution in [0.1, 0.15) is 6.92 Å². The summed E-state index contributed by atoms with van der Waals surface area (Å²) < 4.78 is 36.1. The van der Waals surface area contributed by atoms with E-state index in [2.05, 4.69) is 12.5 Å². The minimum atomic E-state index is -4.21. The molecule has 0 saturated carbocycles. The van der Waals surface area contributed by atoms with Crippen molar-refractivity contribution in [3.05, 3.63) is 30.2 Å². The largest absolute Gasteiger partial charge is 0.396 e. The first kappa shape index (κ1) is 8.37. The summed E-state index contributed by atoms with van der Waals surface area (Å²) >= 11 is 0. The second-order valence-electron chi connectivity index (χ2n) is 2.34. The van der Waals surface area contributed by atoms with Gasteiger partial charge >= 0.3 is 6.18 Å². The van der Waals surface area contributed by atoms with Gasteiger partial charge in [0.15, 0.2) is 0 Å². The molecule has 3 radical (unpaired) electrons. The van der Waals surface area contributed by atoms with E-state index in [-0.39, 0.29) is 5.57 Å². The van der Waals surface area contributed by atoms with E-state index in [1.54, 1.807) is 0 Å². The lowest BCUT2D eigenvalue weighted by atomic mass is 9.92. The van der Waals surface area contributed by atoms with Gasteiger partial charge in [-0.3, -0.25) is 0 Å². The fraction of sp³-hybridized carbons (Fsp3) is 0.375. The Morgan fingerprint density at radius 1 is 1.45 bits per heavy atom. The van der Waals surface area contributed by atoms with Gasteiger partial charge in [0.1, 0.15) is 0 Å². The lowest BCUT2D eigenvalue weighted by Crippen LogP contribution is -2.24. The molecule has 1 aliphatic rings. The van der Waals surface area contributed by atoms with Crippen molar-refractivity contribution in [1.29, 1.82) is 0 Å². The van der Waals surface area contributed by atoms with Crippen LogP contribution in [0.2, 0.25) is 0 Å². The molecule has 0 aromatic heterocycles. The maximum Gasteiger partial charge on any atom is 0.396 e. The Labute approximate surface area is 63.4 Å². The summed E-state index contributed by atoms with van der Waals surface area (Å²) in [4.78, 5) is 0. The summed E-state index contributed by atoms with van der Waals surface area (Å²) in [5.74, 6) is -1.54. The first-order valence-electron chi connectivity index (χ1n) is 3.09. The highest BCUT2D eigenvalue weighted by Crippen LogP contribution is 2.35. The van der Waals surface area contributed by atoms with E-state index in [1.807, 2.05) is 0 Å². The van der Waals surface area contributed by atoms with Crippen LogP contribution in [0.3, 0.4) is 0 Å².